The maximum atomic E-state index is 12.0. The van der Waals surface area contributed by atoms with Gasteiger partial charge in [0.05, 0.1) is 17.5 Å². The molecule has 0 spiro atoms. The molecule has 0 bridgehead atoms. The van der Waals surface area contributed by atoms with Gasteiger partial charge >= 0.3 is 0 Å². The first kappa shape index (κ1) is 13.3. The summed E-state index contributed by atoms with van der Waals surface area (Å²) < 4.78 is 6.03. The van der Waals surface area contributed by atoms with Gasteiger partial charge in [-0.3, -0.25) is 4.79 Å². The molecule has 0 aliphatic rings. The van der Waals surface area contributed by atoms with E-state index in [1.165, 1.54) is 0 Å². The van der Waals surface area contributed by atoms with Crippen LogP contribution in [-0.2, 0) is 4.74 Å². The van der Waals surface area contributed by atoms with Gasteiger partial charge in [0.25, 0.3) is 5.91 Å². The molecule has 2 rings (SSSR count). The lowest BCUT2D eigenvalue weighted by molar-refractivity contribution is 0.0951. The Morgan fingerprint density at radius 3 is 3.06 bits per heavy atom. The van der Waals surface area contributed by atoms with Gasteiger partial charge in [-0.25, -0.2) is 0 Å². The average molecular weight is 284 g/mol. The smallest absolute Gasteiger partial charge is 0.252 e. The SMILES string of the molecule is COCC(Cl)CNC(=O)c1csc2ccccc12. The molecular formula is C13H14ClNO2S. The number of benzene rings is 1. The van der Waals surface area contributed by atoms with Crippen LogP contribution in [0.15, 0.2) is 29.6 Å². The van der Waals surface area contributed by atoms with Crippen LogP contribution in [0.3, 0.4) is 0 Å². The molecule has 1 heterocycles. The minimum atomic E-state index is -0.205. The van der Waals surface area contributed by atoms with Gasteiger partial charge in [-0.2, -0.15) is 0 Å². The number of hydrogen-bond acceptors (Lipinski definition) is 3. The normalized spacial score (nSPS) is 12.6. The third-order valence-electron chi connectivity index (χ3n) is 2.56. The maximum absolute atomic E-state index is 12.0. The summed E-state index contributed by atoms with van der Waals surface area (Å²) in [4.78, 5) is 12.0. The Labute approximate surface area is 115 Å². The summed E-state index contributed by atoms with van der Waals surface area (Å²) in [7, 11) is 1.59. The van der Waals surface area contributed by atoms with Gasteiger partial charge in [-0.15, -0.1) is 22.9 Å². The van der Waals surface area contributed by atoms with E-state index in [-0.39, 0.29) is 11.3 Å². The predicted octanol–water partition coefficient (Wildman–Crippen LogP) is 2.88. The highest BCUT2D eigenvalue weighted by molar-refractivity contribution is 7.17. The average Bonchev–Trinajstić information content (AvgIpc) is 2.80. The molecule has 0 saturated heterocycles. The third-order valence-corrected chi connectivity index (χ3v) is 3.80. The number of carbonyl (C=O) groups is 1. The van der Waals surface area contributed by atoms with Crippen LogP contribution in [0.25, 0.3) is 10.1 Å². The Bertz CT molecular complexity index is 541. The van der Waals surface area contributed by atoms with Crippen molar-refractivity contribution in [3.05, 3.63) is 35.2 Å². The molecule has 0 saturated carbocycles. The van der Waals surface area contributed by atoms with E-state index < -0.39 is 0 Å². The van der Waals surface area contributed by atoms with Gasteiger partial charge in [0.15, 0.2) is 0 Å². The number of amides is 1. The first-order valence-electron chi connectivity index (χ1n) is 5.60. The lowest BCUT2D eigenvalue weighted by Crippen LogP contribution is -2.31. The first-order valence-corrected chi connectivity index (χ1v) is 6.91. The summed E-state index contributed by atoms with van der Waals surface area (Å²) in [6, 6.07) is 7.86. The maximum Gasteiger partial charge on any atom is 0.252 e. The van der Waals surface area contributed by atoms with Crippen molar-refractivity contribution in [1.29, 1.82) is 0 Å². The van der Waals surface area contributed by atoms with E-state index in [1.54, 1.807) is 18.4 Å². The van der Waals surface area contributed by atoms with Gasteiger partial charge in [-0.1, -0.05) is 18.2 Å². The minimum absolute atomic E-state index is 0.0887. The summed E-state index contributed by atoms with van der Waals surface area (Å²) in [5, 5.41) is 5.47. The van der Waals surface area contributed by atoms with E-state index in [0.29, 0.717) is 18.7 Å². The molecule has 1 unspecified atom stereocenters. The molecule has 96 valence electrons. The van der Waals surface area contributed by atoms with E-state index in [1.807, 2.05) is 29.6 Å². The predicted molar refractivity (Wildman–Crippen MR) is 75.7 cm³/mol. The Morgan fingerprint density at radius 1 is 1.50 bits per heavy atom. The summed E-state index contributed by atoms with van der Waals surface area (Å²) in [5.74, 6) is -0.0887. The molecule has 2 aromatic rings. The van der Waals surface area contributed by atoms with E-state index in [2.05, 4.69) is 5.32 Å². The Kier molecular flexibility index (Phi) is 4.58. The molecule has 1 aromatic carbocycles. The van der Waals surface area contributed by atoms with E-state index >= 15 is 0 Å². The quantitative estimate of drug-likeness (QED) is 0.857. The number of rotatable bonds is 5. The molecular weight excluding hydrogens is 270 g/mol. The summed E-state index contributed by atoms with van der Waals surface area (Å²) in [5.41, 5.74) is 0.705. The monoisotopic (exact) mass is 283 g/mol. The number of halogens is 1. The molecule has 0 aliphatic heterocycles. The topological polar surface area (TPSA) is 38.3 Å². The zero-order valence-electron chi connectivity index (χ0n) is 9.98. The summed E-state index contributed by atoms with van der Waals surface area (Å²) in [6.07, 6.45) is 0. The molecule has 1 amide bonds. The Hall–Kier alpha value is -1.10. The van der Waals surface area contributed by atoms with E-state index in [0.717, 1.165) is 10.1 Å². The van der Waals surface area contributed by atoms with Crippen molar-refractivity contribution in [2.24, 2.45) is 0 Å². The number of methoxy groups -OCH3 is 1. The highest BCUT2D eigenvalue weighted by Crippen LogP contribution is 2.25. The van der Waals surface area contributed by atoms with Gasteiger partial charge < -0.3 is 10.1 Å². The molecule has 0 radical (unpaired) electrons. The van der Waals surface area contributed by atoms with Crippen molar-refractivity contribution in [2.75, 3.05) is 20.3 Å². The van der Waals surface area contributed by atoms with Crippen molar-refractivity contribution in [3.63, 3.8) is 0 Å². The van der Waals surface area contributed by atoms with Crippen LogP contribution in [0.2, 0.25) is 0 Å². The van der Waals surface area contributed by atoms with Gasteiger partial charge in [0.1, 0.15) is 0 Å². The van der Waals surface area contributed by atoms with Crippen LogP contribution in [0.1, 0.15) is 10.4 Å². The van der Waals surface area contributed by atoms with Crippen LogP contribution in [0.5, 0.6) is 0 Å². The summed E-state index contributed by atoms with van der Waals surface area (Å²) in [6.45, 7) is 0.824. The first-order chi connectivity index (χ1) is 8.72. The molecule has 0 aliphatic carbocycles. The van der Waals surface area contributed by atoms with Gasteiger partial charge in [0, 0.05) is 29.1 Å². The van der Waals surface area contributed by atoms with E-state index in [9.17, 15) is 4.79 Å². The van der Waals surface area contributed by atoms with Crippen LogP contribution in [0, 0.1) is 0 Å². The van der Waals surface area contributed by atoms with Crippen LogP contribution in [0.4, 0.5) is 0 Å². The Morgan fingerprint density at radius 2 is 2.28 bits per heavy atom. The van der Waals surface area contributed by atoms with Crippen molar-refractivity contribution < 1.29 is 9.53 Å². The zero-order chi connectivity index (χ0) is 13.0. The number of ether oxygens (including phenoxy) is 1. The van der Waals surface area contributed by atoms with Crippen molar-refractivity contribution in [2.45, 2.75) is 5.38 Å². The number of alkyl halides is 1. The van der Waals surface area contributed by atoms with Crippen molar-refractivity contribution >= 4 is 38.9 Å². The molecule has 1 atom stereocenters. The summed E-state index contributed by atoms with van der Waals surface area (Å²) >= 11 is 7.54. The second kappa shape index (κ2) is 6.18. The Balaban J connectivity index is 2.05. The molecule has 5 heteroatoms. The molecule has 3 nitrogen and oxygen atoms in total. The largest absolute Gasteiger partial charge is 0.383 e. The van der Waals surface area contributed by atoms with Crippen LogP contribution in [-0.4, -0.2) is 31.5 Å². The zero-order valence-corrected chi connectivity index (χ0v) is 11.6. The molecule has 18 heavy (non-hydrogen) atoms. The van der Waals surface area contributed by atoms with Crippen molar-refractivity contribution in [3.8, 4) is 0 Å². The van der Waals surface area contributed by atoms with Crippen LogP contribution < -0.4 is 5.32 Å². The molecule has 0 fully saturated rings. The second-order valence-electron chi connectivity index (χ2n) is 3.91. The lowest BCUT2D eigenvalue weighted by Gasteiger charge is -2.09. The number of nitrogens with one attached hydrogen (secondary N) is 1. The number of thiophene rings is 1. The second-order valence-corrected chi connectivity index (χ2v) is 5.44. The van der Waals surface area contributed by atoms with Crippen LogP contribution >= 0.6 is 22.9 Å². The third kappa shape index (κ3) is 3.02. The minimum Gasteiger partial charge on any atom is -0.383 e. The number of fused-ring (bicyclic) bond motifs is 1. The molecule has 1 aromatic heterocycles. The van der Waals surface area contributed by atoms with E-state index in [4.69, 9.17) is 16.3 Å². The van der Waals surface area contributed by atoms with Gasteiger partial charge in [-0.05, 0) is 6.07 Å². The highest BCUT2D eigenvalue weighted by Gasteiger charge is 2.13. The standard InChI is InChI=1S/C13H14ClNO2S/c1-17-7-9(14)6-15-13(16)11-8-18-12-5-3-2-4-10(11)12/h2-5,8-9H,6-7H2,1H3,(H,15,16). The molecule has 1 N–H and O–H groups in total. The fourth-order valence-electron chi connectivity index (χ4n) is 1.69. The van der Waals surface area contributed by atoms with Crippen molar-refractivity contribution in [1.82, 2.24) is 5.32 Å². The fraction of sp³-hybridized carbons (Fsp3) is 0.308. The lowest BCUT2D eigenvalue weighted by atomic mass is 10.1. The fourth-order valence-corrected chi connectivity index (χ4v) is 2.84. The highest BCUT2D eigenvalue weighted by atomic mass is 35.5. The van der Waals surface area contributed by atoms with Gasteiger partial charge in [0.2, 0.25) is 0 Å². The number of carbonyl (C=O) groups excluding carboxylic acids is 1. The number of hydrogen-bond donors (Lipinski definition) is 1.